The number of ether oxygens (including phenoxy) is 1. The highest BCUT2D eigenvalue weighted by Gasteiger charge is 2.32. The number of aryl methyl sites for hydroxylation is 1. The molecule has 3 aromatic rings. The summed E-state index contributed by atoms with van der Waals surface area (Å²) in [5.41, 5.74) is 3.85. The van der Waals surface area contributed by atoms with Gasteiger partial charge in [0.2, 0.25) is 0 Å². The lowest BCUT2D eigenvalue weighted by Crippen LogP contribution is -2.28. The van der Waals surface area contributed by atoms with Gasteiger partial charge >= 0.3 is 5.97 Å². The first-order chi connectivity index (χ1) is 16.4. The summed E-state index contributed by atoms with van der Waals surface area (Å²) in [6.45, 7) is 4.84. The number of carbonyl (C=O) groups is 2. The van der Waals surface area contributed by atoms with Crippen LogP contribution in [0.4, 0.5) is 5.69 Å². The summed E-state index contributed by atoms with van der Waals surface area (Å²) in [6, 6.07) is 22.1. The van der Waals surface area contributed by atoms with Crippen LogP contribution in [-0.4, -0.2) is 33.6 Å². The van der Waals surface area contributed by atoms with Crippen molar-refractivity contribution in [3.05, 3.63) is 100.0 Å². The van der Waals surface area contributed by atoms with Gasteiger partial charge in [0.15, 0.2) is 5.17 Å². The van der Waals surface area contributed by atoms with E-state index in [2.05, 4.69) is 17.1 Å². The maximum Gasteiger partial charge on any atom is 0.335 e. The number of hydrogen-bond donors (Lipinski definition) is 1. The van der Waals surface area contributed by atoms with Gasteiger partial charge in [-0.25, -0.2) is 9.79 Å². The molecule has 0 atom stereocenters. The summed E-state index contributed by atoms with van der Waals surface area (Å²) >= 11 is 1.29. The standard InChI is InChI=1S/C27H24N2O4S/c1-3-29-25(30)24(34-27(29)28-22-14-12-20(13-15-22)26(31)32)16-21-6-4-5-7-23(21)33-17-19-10-8-18(2)9-11-19/h4-16H,3,17H2,1-2H3,(H,31,32). The number of nitrogens with zero attached hydrogens (tertiary/aromatic N) is 2. The SMILES string of the molecule is CCN1C(=O)C(=Cc2ccccc2OCc2ccc(C)cc2)SC1=Nc1ccc(C(=O)O)cc1. The monoisotopic (exact) mass is 472 g/mol. The molecule has 0 saturated carbocycles. The Morgan fingerprint density at radius 3 is 2.44 bits per heavy atom. The quantitative estimate of drug-likeness (QED) is 0.433. The molecule has 34 heavy (non-hydrogen) atoms. The zero-order valence-electron chi connectivity index (χ0n) is 18.9. The maximum absolute atomic E-state index is 13.0. The van der Waals surface area contributed by atoms with Crippen molar-refractivity contribution in [3.63, 3.8) is 0 Å². The molecule has 0 radical (unpaired) electrons. The van der Waals surface area contributed by atoms with Gasteiger partial charge < -0.3 is 9.84 Å². The number of thioether (sulfide) groups is 1. The van der Waals surface area contributed by atoms with E-state index in [0.717, 1.165) is 11.1 Å². The number of rotatable bonds is 7. The first kappa shape index (κ1) is 23.3. The number of benzene rings is 3. The van der Waals surface area contributed by atoms with Crippen LogP contribution in [0.15, 0.2) is 82.7 Å². The summed E-state index contributed by atoms with van der Waals surface area (Å²) in [4.78, 5) is 30.9. The maximum atomic E-state index is 13.0. The summed E-state index contributed by atoms with van der Waals surface area (Å²) in [5.74, 6) is -0.420. The molecule has 6 nitrogen and oxygen atoms in total. The van der Waals surface area contributed by atoms with E-state index >= 15 is 0 Å². The van der Waals surface area contributed by atoms with E-state index in [-0.39, 0.29) is 11.5 Å². The van der Waals surface area contributed by atoms with E-state index in [1.54, 1.807) is 17.0 Å². The van der Waals surface area contributed by atoms with E-state index < -0.39 is 5.97 Å². The lowest BCUT2D eigenvalue weighted by atomic mass is 10.1. The molecule has 0 bridgehead atoms. The lowest BCUT2D eigenvalue weighted by Gasteiger charge is -2.12. The zero-order valence-corrected chi connectivity index (χ0v) is 19.7. The second kappa shape index (κ2) is 10.4. The van der Waals surface area contributed by atoms with Crippen molar-refractivity contribution in [1.82, 2.24) is 4.90 Å². The Morgan fingerprint density at radius 2 is 1.76 bits per heavy atom. The molecule has 1 aliphatic heterocycles. The molecule has 1 amide bonds. The van der Waals surface area contributed by atoms with E-state index in [1.807, 2.05) is 56.3 Å². The van der Waals surface area contributed by atoms with Crippen LogP contribution >= 0.6 is 11.8 Å². The number of aromatic carboxylic acids is 1. The van der Waals surface area contributed by atoms with Gasteiger partial charge in [-0.2, -0.15) is 0 Å². The van der Waals surface area contributed by atoms with Crippen molar-refractivity contribution in [2.45, 2.75) is 20.5 Å². The van der Waals surface area contributed by atoms with Crippen LogP contribution in [0.2, 0.25) is 0 Å². The second-order valence-corrected chi connectivity index (χ2v) is 8.73. The van der Waals surface area contributed by atoms with E-state index in [0.29, 0.717) is 34.7 Å². The van der Waals surface area contributed by atoms with Gasteiger partial charge in [0, 0.05) is 12.1 Å². The van der Waals surface area contributed by atoms with Gasteiger partial charge in [-0.1, -0.05) is 48.0 Å². The first-order valence-corrected chi connectivity index (χ1v) is 11.7. The Kier molecular flexibility index (Phi) is 7.13. The number of hydrogen-bond acceptors (Lipinski definition) is 5. The third-order valence-corrected chi connectivity index (χ3v) is 6.27. The number of amidine groups is 1. The predicted octanol–water partition coefficient (Wildman–Crippen LogP) is 5.90. The third kappa shape index (κ3) is 5.38. The number of carboxylic acids is 1. The Balaban J connectivity index is 1.56. The largest absolute Gasteiger partial charge is 0.488 e. The second-order valence-electron chi connectivity index (χ2n) is 7.72. The lowest BCUT2D eigenvalue weighted by molar-refractivity contribution is -0.122. The van der Waals surface area contributed by atoms with Gasteiger partial charge in [0.05, 0.1) is 16.2 Å². The molecule has 172 valence electrons. The molecular formula is C27H24N2O4S. The van der Waals surface area contributed by atoms with Crippen molar-refractivity contribution in [3.8, 4) is 5.75 Å². The molecule has 0 spiro atoms. The molecular weight excluding hydrogens is 448 g/mol. The van der Waals surface area contributed by atoms with E-state index in [9.17, 15) is 9.59 Å². The van der Waals surface area contributed by atoms with Crippen molar-refractivity contribution >= 4 is 40.6 Å². The highest BCUT2D eigenvalue weighted by Crippen LogP contribution is 2.35. The highest BCUT2D eigenvalue weighted by molar-refractivity contribution is 8.18. The van der Waals surface area contributed by atoms with Gasteiger partial charge in [0.1, 0.15) is 12.4 Å². The summed E-state index contributed by atoms with van der Waals surface area (Å²) in [7, 11) is 0. The smallest absolute Gasteiger partial charge is 0.335 e. The van der Waals surface area contributed by atoms with Crippen LogP contribution in [0, 0.1) is 6.92 Å². The molecule has 0 aliphatic carbocycles. The highest BCUT2D eigenvalue weighted by atomic mass is 32.2. The summed E-state index contributed by atoms with van der Waals surface area (Å²) < 4.78 is 6.06. The summed E-state index contributed by atoms with van der Waals surface area (Å²) in [5, 5.41) is 9.63. The van der Waals surface area contributed by atoms with Crippen molar-refractivity contribution < 1.29 is 19.4 Å². The number of para-hydroxylation sites is 1. The van der Waals surface area contributed by atoms with Crippen LogP contribution in [0.3, 0.4) is 0 Å². The minimum Gasteiger partial charge on any atom is -0.488 e. The fraction of sp³-hybridized carbons (Fsp3) is 0.148. The van der Waals surface area contributed by atoms with Gasteiger partial charge in [-0.15, -0.1) is 0 Å². The number of carboxylic acid groups (broad SMARTS) is 1. The van der Waals surface area contributed by atoms with Crippen molar-refractivity contribution in [1.29, 1.82) is 0 Å². The fourth-order valence-electron chi connectivity index (χ4n) is 3.38. The number of aliphatic imine (C=N–C) groups is 1. The molecule has 1 aliphatic rings. The molecule has 7 heteroatoms. The molecule has 0 aromatic heterocycles. The predicted molar refractivity (Wildman–Crippen MR) is 135 cm³/mol. The average molecular weight is 473 g/mol. The van der Waals surface area contributed by atoms with Crippen LogP contribution in [0.25, 0.3) is 6.08 Å². The number of likely N-dealkylation sites (N-methyl/N-ethyl adjacent to an activating group) is 1. The Labute approximate surface area is 202 Å². The van der Waals surface area contributed by atoms with Crippen LogP contribution in [-0.2, 0) is 11.4 Å². The van der Waals surface area contributed by atoms with Crippen LogP contribution in [0.5, 0.6) is 5.75 Å². The number of amides is 1. The van der Waals surface area contributed by atoms with Crippen LogP contribution < -0.4 is 4.74 Å². The molecule has 1 heterocycles. The van der Waals surface area contributed by atoms with Gasteiger partial charge in [-0.05, 0) is 67.6 Å². The molecule has 3 aromatic carbocycles. The van der Waals surface area contributed by atoms with Gasteiger partial charge in [-0.3, -0.25) is 9.69 Å². The molecule has 0 unspecified atom stereocenters. The van der Waals surface area contributed by atoms with E-state index in [1.165, 1.54) is 29.5 Å². The minimum absolute atomic E-state index is 0.123. The Morgan fingerprint density at radius 1 is 1.06 bits per heavy atom. The Bertz CT molecular complexity index is 1260. The number of carbonyl (C=O) groups excluding carboxylic acids is 1. The van der Waals surface area contributed by atoms with Crippen LogP contribution in [0.1, 0.15) is 34.0 Å². The minimum atomic E-state index is -0.992. The molecule has 4 rings (SSSR count). The molecule has 1 fully saturated rings. The van der Waals surface area contributed by atoms with E-state index in [4.69, 9.17) is 9.84 Å². The fourth-order valence-corrected chi connectivity index (χ4v) is 4.43. The van der Waals surface area contributed by atoms with Crippen molar-refractivity contribution in [2.24, 2.45) is 4.99 Å². The molecule has 1 N–H and O–H groups in total. The topological polar surface area (TPSA) is 79.2 Å². The van der Waals surface area contributed by atoms with Gasteiger partial charge in [0.25, 0.3) is 5.91 Å². The molecule has 1 saturated heterocycles. The first-order valence-electron chi connectivity index (χ1n) is 10.9. The zero-order chi connectivity index (χ0) is 24.1. The normalized spacial score (nSPS) is 15.8. The third-order valence-electron chi connectivity index (χ3n) is 5.26. The summed E-state index contributed by atoms with van der Waals surface area (Å²) in [6.07, 6.45) is 1.83. The Hall–Kier alpha value is -3.84. The van der Waals surface area contributed by atoms with Crippen molar-refractivity contribution in [2.75, 3.05) is 6.54 Å². The average Bonchev–Trinajstić information content (AvgIpc) is 3.13.